The maximum absolute atomic E-state index is 11.0. The van der Waals surface area contributed by atoms with Crippen LogP contribution in [-0.2, 0) is 0 Å². The van der Waals surface area contributed by atoms with Crippen molar-refractivity contribution < 1.29 is 10.0 Å². The lowest BCUT2D eigenvalue weighted by Crippen LogP contribution is -2.28. The number of aliphatic hydroxyl groups is 1. The molecule has 0 bridgehead atoms. The van der Waals surface area contributed by atoms with Crippen LogP contribution in [0.3, 0.4) is 0 Å². The predicted molar refractivity (Wildman–Crippen MR) is 77.0 cm³/mol. The third-order valence-corrected chi connectivity index (χ3v) is 3.45. The molecule has 1 aromatic heterocycles. The topological polar surface area (TPSA) is 101 Å². The molecule has 1 unspecified atom stereocenters. The molecule has 1 rings (SSSR count). The molecule has 20 heavy (non-hydrogen) atoms. The van der Waals surface area contributed by atoms with Crippen LogP contribution in [0.2, 0.25) is 5.28 Å². The van der Waals surface area contributed by atoms with Gasteiger partial charge in [-0.15, -0.1) is 0 Å². The van der Waals surface area contributed by atoms with Gasteiger partial charge >= 0.3 is 5.69 Å². The van der Waals surface area contributed by atoms with Crippen molar-refractivity contribution in [1.29, 1.82) is 0 Å². The van der Waals surface area contributed by atoms with Gasteiger partial charge in [0.2, 0.25) is 11.1 Å². The SMILES string of the molecule is CCC(CC)C(O)CNc1nc(Cl)nc(C)c1[N+](=O)[O-]. The smallest absolute Gasteiger partial charge is 0.332 e. The minimum atomic E-state index is -0.598. The average molecular weight is 303 g/mol. The molecular formula is C12H19ClN4O3. The van der Waals surface area contributed by atoms with Gasteiger partial charge in [-0.2, -0.15) is 4.98 Å². The van der Waals surface area contributed by atoms with E-state index >= 15 is 0 Å². The van der Waals surface area contributed by atoms with E-state index in [-0.39, 0.29) is 34.9 Å². The van der Waals surface area contributed by atoms with Gasteiger partial charge in [0.1, 0.15) is 5.69 Å². The van der Waals surface area contributed by atoms with Crippen molar-refractivity contribution in [1.82, 2.24) is 9.97 Å². The second kappa shape index (κ2) is 7.35. The monoisotopic (exact) mass is 302 g/mol. The number of halogens is 1. The van der Waals surface area contributed by atoms with E-state index in [1.54, 1.807) is 0 Å². The highest BCUT2D eigenvalue weighted by Gasteiger charge is 2.23. The van der Waals surface area contributed by atoms with Gasteiger partial charge in [-0.05, 0) is 24.4 Å². The molecule has 0 aromatic carbocycles. The molecule has 0 spiro atoms. The van der Waals surface area contributed by atoms with E-state index < -0.39 is 11.0 Å². The number of aromatic nitrogens is 2. The summed E-state index contributed by atoms with van der Waals surface area (Å²) in [6.07, 6.45) is 1.08. The van der Waals surface area contributed by atoms with Crippen LogP contribution in [-0.4, -0.2) is 32.6 Å². The molecule has 0 radical (unpaired) electrons. The van der Waals surface area contributed by atoms with E-state index in [1.807, 2.05) is 13.8 Å². The lowest BCUT2D eigenvalue weighted by molar-refractivity contribution is -0.385. The van der Waals surface area contributed by atoms with Gasteiger partial charge in [-0.25, -0.2) is 4.98 Å². The maximum Gasteiger partial charge on any atom is 0.332 e. The second-order valence-corrected chi connectivity index (χ2v) is 4.90. The van der Waals surface area contributed by atoms with Crippen molar-refractivity contribution in [2.45, 2.75) is 39.7 Å². The van der Waals surface area contributed by atoms with Gasteiger partial charge in [-0.1, -0.05) is 26.7 Å². The first-order valence-electron chi connectivity index (χ1n) is 6.51. The quantitative estimate of drug-likeness (QED) is 0.456. The number of hydrogen-bond acceptors (Lipinski definition) is 6. The van der Waals surface area contributed by atoms with Crippen molar-refractivity contribution in [3.8, 4) is 0 Å². The Kier molecular flexibility index (Phi) is 6.09. The van der Waals surface area contributed by atoms with E-state index in [0.29, 0.717) is 0 Å². The van der Waals surface area contributed by atoms with Gasteiger partial charge in [-0.3, -0.25) is 10.1 Å². The van der Waals surface area contributed by atoms with Crippen LogP contribution in [0.15, 0.2) is 0 Å². The van der Waals surface area contributed by atoms with Crippen molar-refractivity contribution in [2.75, 3.05) is 11.9 Å². The van der Waals surface area contributed by atoms with E-state index in [9.17, 15) is 15.2 Å². The molecule has 0 aliphatic heterocycles. The summed E-state index contributed by atoms with van der Waals surface area (Å²) >= 11 is 5.71. The molecule has 8 heteroatoms. The zero-order chi connectivity index (χ0) is 15.3. The summed E-state index contributed by atoms with van der Waals surface area (Å²) in [4.78, 5) is 18.1. The van der Waals surface area contributed by atoms with Crippen LogP contribution in [0.5, 0.6) is 0 Å². The average Bonchev–Trinajstić information content (AvgIpc) is 2.36. The largest absolute Gasteiger partial charge is 0.391 e. The van der Waals surface area contributed by atoms with Gasteiger partial charge in [0.25, 0.3) is 0 Å². The van der Waals surface area contributed by atoms with Gasteiger partial charge < -0.3 is 10.4 Å². The molecule has 0 aliphatic carbocycles. The fourth-order valence-corrected chi connectivity index (χ4v) is 2.29. The number of aliphatic hydroxyl groups excluding tert-OH is 1. The molecule has 112 valence electrons. The second-order valence-electron chi connectivity index (χ2n) is 4.56. The first-order chi connectivity index (χ1) is 9.40. The number of aryl methyl sites for hydroxylation is 1. The molecule has 7 nitrogen and oxygen atoms in total. The van der Waals surface area contributed by atoms with Crippen molar-refractivity contribution in [3.63, 3.8) is 0 Å². The Labute approximate surface area is 122 Å². The first-order valence-corrected chi connectivity index (χ1v) is 6.88. The molecule has 0 amide bonds. The van der Waals surface area contributed by atoms with Crippen LogP contribution in [0.25, 0.3) is 0 Å². The Hall–Kier alpha value is -1.47. The Morgan fingerprint density at radius 1 is 1.40 bits per heavy atom. The zero-order valence-electron chi connectivity index (χ0n) is 11.8. The molecule has 0 aliphatic rings. The highest BCUT2D eigenvalue weighted by atomic mass is 35.5. The van der Waals surface area contributed by atoms with Crippen molar-refractivity contribution >= 4 is 23.1 Å². The van der Waals surface area contributed by atoms with Crippen molar-refractivity contribution in [2.24, 2.45) is 5.92 Å². The van der Waals surface area contributed by atoms with E-state index in [1.165, 1.54) is 6.92 Å². The fourth-order valence-electron chi connectivity index (χ4n) is 2.08. The molecule has 2 N–H and O–H groups in total. The molecular weight excluding hydrogens is 284 g/mol. The fraction of sp³-hybridized carbons (Fsp3) is 0.667. The zero-order valence-corrected chi connectivity index (χ0v) is 12.5. The number of nitrogens with zero attached hydrogens (tertiary/aromatic N) is 3. The minimum absolute atomic E-state index is 0.0394. The Morgan fingerprint density at radius 3 is 2.50 bits per heavy atom. The molecule has 1 atom stereocenters. The van der Waals surface area contributed by atoms with Gasteiger partial charge in [0.05, 0.1) is 11.0 Å². The summed E-state index contributed by atoms with van der Waals surface area (Å²) < 4.78 is 0. The number of nitro groups is 1. The van der Waals surface area contributed by atoms with Crippen LogP contribution in [0, 0.1) is 23.0 Å². The lowest BCUT2D eigenvalue weighted by Gasteiger charge is -2.20. The maximum atomic E-state index is 11.0. The molecule has 1 heterocycles. The summed E-state index contributed by atoms with van der Waals surface area (Å²) in [5, 5.41) is 23.8. The molecule has 0 fully saturated rings. The van der Waals surface area contributed by atoms with Crippen LogP contribution in [0.4, 0.5) is 11.5 Å². The Bertz CT molecular complexity index is 480. The highest BCUT2D eigenvalue weighted by molar-refractivity contribution is 6.28. The molecule has 1 aromatic rings. The normalized spacial score (nSPS) is 12.5. The Balaban J connectivity index is 2.89. The molecule has 0 saturated heterocycles. The summed E-state index contributed by atoms with van der Waals surface area (Å²) in [5.41, 5.74) is -0.0272. The first kappa shape index (κ1) is 16.6. The number of hydrogen-bond donors (Lipinski definition) is 2. The van der Waals surface area contributed by atoms with Crippen LogP contribution < -0.4 is 5.32 Å². The van der Waals surface area contributed by atoms with E-state index in [4.69, 9.17) is 11.6 Å². The standard InChI is InChI=1S/C12H19ClN4O3/c1-4-8(5-2)9(18)6-14-11-10(17(19)20)7(3)15-12(13)16-11/h8-9,18H,4-6H2,1-3H3,(H,14,15,16). The van der Waals surface area contributed by atoms with E-state index in [0.717, 1.165) is 12.8 Å². The summed E-state index contributed by atoms with van der Waals surface area (Å²) in [5.74, 6) is 0.178. The predicted octanol–water partition coefficient (Wildman–Crippen LogP) is 2.56. The number of rotatable bonds is 7. The highest BCUT2D eigenvalue weighted by Crippen LogP contribution is 2.26. The van der Waals surface area contributed by atoms with Crippen LogP contribution in [0.1, 0.15) is 32.4 Å². The summed E-state index contributed by atoms with van der Waals surface area (Å²) in [6, 6.07) is 0. The number of nitrogens with one attached hydrogen (secondary N) is 1. The summed E-state index contributed by atoms with van der Waals surface area (Å²) in [6.45, 7) is 5.66. The van der Waals surface area contributed by atoms with E-state index in [2.05, 4.69) is 15.3 Å². The third kappa shape index (κ3) is 4.01. The Morgan fingerprint density at radius 2 is 2.00 bits per heavy atom. The van der Waals surface area contributed by atoms with Crippen LogP contribution >= 0.6 is 11.6 Å². The molecule has 0 saturated carbocycles. The number of anilines is 1. The van der Waals surface area contributed by atoms with Crippen molar-refractivity contribution in [3.05, 3.63) is 21.1 Å². The summed E-state index contributed by atoms with van der Waals surface area (Å²) in [7, 11) is 0. The lowest BCUT2D eigenvalue weighted by atomic mass is 9.96. The van der Waals surface area contributed by atoms with Gasteiger partial charge in [0, 0.05) is 6.54 Å². The minimum Gasteiger partial charge on any atom is -0.391 e. The van der Waals surface area contributed by atoms with Gasteiger partial charge in [0.15, 0.2) is 0 Å². The third-order valence-electron chi connectivity index (χ3n) is 3.29.